The van der Waals surface area contributed by atoms with Gasteiger partial charge >= 0.3 is 0 Å². The summed E-state index contributed by atoms with van der Waals surface area (Å²) in [6.07, 6.45) is 4.73. The van der Waals surface area contributed by atoms with E-state index in [4.69, 9.17) is 0 Å². The van der Waals surface area contributed by atoms with Crippen LogP contribution in [-0.2, 0) is 17.6 Å². The van der Waals surface area contributed by atoms with Crippen molar-refractivity contribution >= 4 is 28.2 Å². The first-order valence-corrected chi connectivity index (χ1v) is 9.30. The third kappa shape index (κ3) is 4.29. The molecule has 0 saturated carbocycles. The normalized spacial score (nSPS) is 15.0. The topological polar surface area (TPSA) is 59.1 Å². The maximum absolute atomic E-state index is 12.2. The molecule has 1 atom stereocenters. The number of Topliss-reactive ketones (excluding diaryl/α,β-unsaturated/α-hetero) is 1. The van der Waals surface area contributed by atoms with Crippen LogP contribution in [0, 0.1) is 5.92 Å². The van der Waals surface area contributed by atoms with Crippen LogP contribution in [0.2, 0.25) is 0 Å². The number of aryl methyl sites for hydroxylation is 2. The molecule has 0 aliphatic heterocycles. The van der Waals surface area contributed by atoms with Crippen LogP contribution in [0.1, 0.15) is 53.5 Å². The number of nitrogens with zero attached hydrogens (tertiary/aromatic N) is 1. The number of fused-ring (bicyclic) bond motifs is 1. The van der Waals surface area contributed by atoms with Gasteiger partial charge in [0.2, 0.25) is 5.91 Å². The van der Waals surface area contributed by atoms with Gasteiger partial charge in [-0.15, -0.1) is 0 Å². The first-order chi connectivity index (χ1) is 11.6. The number of benzene rings is 1. The molecule has 0 fully saturated rings. The average molecular weight is 342 g/mol. The summed E-state index contributed by atoms with van der Waals surface area (Å²) in [4.78, 5) is 29.2. The van der Waals surface area contributed by atoms with Crippen LogP contribution in [0.25, 0.3) is 0 Å². The van der Waals surface area contributed by atoms with E-state index in [-0.39, 0.29) is 11.7 Å². The molecule has 1 N–H and O–H groups in total. The Morgan fingerprint density at radius 1 is 1.29 bits per heavy atom. The predicted octanol–water partition coefficient (Wildman–Crippen LogP) is 4.26. The fourth-order valence-electron chi connectivity index (χ4n) is 2.97. The molecular formula is C19H22N2O2S. The van der Waals surface area contributed by atoms with E-state index in [0.29, 0.717) is 23.9 Å². The van der Waals surface area contributed by atoms with E-state index in [1.54, 1.807) is 0 Å². The minimum absolute atomic E-state index is 0.0193. The van der Waals surface area contributed by atoms with Crippen LogP contribution >= 0.6 is 11.3 Å². The van der Waals surface area contributed by atoms with Gasteiger partial charge < -0.3 is 5.32 Å². The molecule has 1 aliphatic rings. The number of carbonyl (C=O) groups excluding carboxylic acids is 2. The fourth-order valence-corrected chi connectivity index (χ4v) is 3.96. The van der Waals surface area contributed by atoms with Crippen molar-refractivity contribution in [3.63, 3.8) is 0 Å². The Bertz CT molecular complexity index is 724. The smallest absolute Gasteiger partial charge is 0.226 e. The second kappa shape index (κ2) is 7.71. The lowest BCUT2D eigenvalue weighted by Gasteiger charge is -2.10. The monoisotopic (exact) mass is 342 g/mol. The van der Waals surface area contributed by atoms with Crippen LogP contribution in [0.5, 0.6) is 0 Å². The van der Waals surface area contributed by atoms with Gasteiger partial charge in [-0.2, -0.15) is 0 Å². The van der Waals surface area contributed by atoms with Crippen LogP contribution < -0.4 is 5.32 Å². The number of hydrogen-bond acceptors (Lipinski definition) is 4. The van der Waals surface area contributed by atoms with Gasteiger partial charge in [0.25, 0.3) is 0 Å². The van der Waals surface area contributed by atoms with Crippen LogP contribution in [0.3, 0.4) is 0 Å². The molecule has 3 rings (SSSR count). The fraction of sp³-hybridized carbons (Fsp3) is 0.421. The van der Waals surface area contributed by atoms with E-state index in [1.165, 1.54) is 16.9 Å². The second-order valence-electron chi connectivity index (χ2n) is 6.45. The molecule has 1 aromatic heterocycles. The highest BCUT2D eigenvalue weighted by atomic mass is 32.1. The maximum Gasteiger partial charge on any atom is 0.226 e. The number of thiazole rings is 1. The summed E-state index contributed by atoms with van der Waals surface area (Å²) in [7, 11) is 0. The molecular weight excluding hydrogens is 320 g/mol. The molecule has 1 aliphatic carbocycles. The maximum atomic E-state index is 12.2. The highest BCUT2D eigenvalue weighted by Gasteiger charge is 2.23. The molecule has 0 spiro atoms. The predicted molar refractivity (Wildman–Crippen MR) is 96.6 cm³/mol. The Labute approximate surface area is 146 Å². The molecule has 1 amide bonds. The Balaban J connectivity index is 1.49. The summed E-state index contributed by atoms with van der Waals surface area (Å²) < 4.78 is 0. The number of aromatic nitrogens is 1. The van der Waals surface area contributed by atoms with Crippen molar-refractivity contribution in [1.82, 2.24) is 4.98 Å². The summed E-state index contributed by atoms with van der Waals surface area (Å²) in [5, 5.41) is 3.43. The molecule has 5 heteroatoms. The third-order valence-corrected chi connectivity index (χ3v) is 5.37. The SMILES string of the molecule is CC(CCc1ccccc1)CC(=O)Nc1nc2c(s1)C(=O)CCC2. The summed E-state index contributed by atoms with van der Waals surface area (Å²) in [5.74, 6) is 0.445. The Morgan fingerprint density at radius 2 is 2.08 bits per heavy atom. The zero-order valence-corrected chi connectivity index (χ0v) is 14.7. The molecule has 24 heavy (non-hydrogen) atoms. The number of anilines is 1. The Kier molecular flexibility index (Phi) is 5.41. The number of hydrogen-bond donors (Lipinski definition) is 1. The van der Waals surface area contributed by atoms with Gasteiger partial charge in [-0.05, 0) is 37.2 Å². The highest BCUT2D eigenvalue weighted by molar-refractivity contribution is 7.17. The van der Waals surface area contributed by atoms with Gasteiger partial charge in [-0.25, -0.2) is 4.98 Å². The lowest BCUT2D eigenvalue weighted by molar-refractivity contribution is -0.117. The van der Waals surface area contributed by atoms with Crippen LogP contribution in [0.4, 0.5) is 5.13 Å². The van der Waals surface area contributed by atoms with Gasteiger partial charge in [-0.3, -0.25) is 9.59 Å². The van der Waals surface area contributed by atoms with Crippen LogP contribution in [-0.4, -0.2) is 16.7 Å². The van der Waals surface area contributed by atoms with Crippen molar-refractivity contribution in [2.45, 2.75) is 45.4 Å². The summed E-state index contributed by atoms with van der Waals surface area (Å²) in [6, 6.07) is 10.3. The molecule has 4 nitrogen and oxygen atoms in total. The third-order valence-electron chi connectivity index (χ3n) is 4.32. The minimum Gasteiger partial charge on any atom is -0.302 e. The minimum atomic E-state index is -0.0193. The molecule has 1 unspecified atom stereocenters. The summed E-state index contributed by atoms with van der Waals surface area (Å²) in [6.45, 7) is 2.10. The Hall–Kier alpha value is -2.01. The first-order valence-electron chi connectivity index (χ1n) is 8.48. The standard InChI is InChI=1S/C19H22N2O2S/c1-13(10-11-14-6-3-2-4-7-14)12-17(23)21-19-20-15-8-5-9-16(22)18(15)24-19/h2-4,6-7,13H,5,8-12H2,1H3,(H,20,21,23). The molecule has 1 aromatic carbocycles. The lowest BCUT2D eigenvalue weighted by Crippen LogP contribution is -2.15. The number of carbonyl (C=O) groups is 2. The van der Waals surface area contributed by atoms with E-state index < -0.39 is 0 Å². The van der Waals surface area contributed by atoms with Gasteiger partial charge in [0, 0.05) is 12.8 Å². The number of amides is 1. The quantitative estimate of drug-likeness (QED) is 0.853. The van der Waals surface area contributed by atoms with E-state index in [1.807, 2.05) is 18.2 Å². The molecule has 1 heterocycles. The molecule has 126 valence electrons. The highest BCUT2D eigenvalue weighted by Crippen LogP contribution is 2.29. The van der Waals surface area contributed by atoms with E-state index in [9.17, 15) is 9.59 Å². The van der Waals surface area contributed by atoms with Crippen molar-refractivity contribution in [2.24, 2.45) is 5.92 Å². The van der Waals surface area contributed by atoms with E-state index in [2.05, 4.69) is 29.4 Å². The largest absolute Gasteiger partial charge is 0.302 e. The number of rotatable bonds is 6. The van der Waals surface area contributed by atoms with Gasteiger partial charge in [0.15, 0.2) is 10.9 Å². The van der Waals surface area contributed by atoms with Crippen LogP contribution in [0.15, 0.2) is 30.3 Å². The van der Waals surface area contributed by atoms with Crippen molar-refractivity contribution in [1.29, 1.82) is 0 Å². The molecule has 0 radical (unpaired) electrons. The summed E-state index contributed by atoms with van der Waals surface area (Å²) >= 11 is 1.32. The summed E-state index contributed by atoms with van der Waals surface area (Å²) in [5.41, 5.74) is 2.15. The van der Waals surface area contributed by atoms with Crippen molar-refractivity contribution in [3.8, 4) is 0 Å². The van der Waals surface area contributed by atoms with Gasteiger partial charge in [0.1, 0.15) is 0 Å². The first kappa shape index (κ1) is 16.8. The second-order valence-corrected chi connectivity index (χ2v) is 7.45. The molecule has 0 saturated heterocycles. The van der Waals surface area contributed by atoms with Crippen molar-refractivity contribution in [2.75, 3.05) is 5.32 Å². The molecule has 2 aromatic rings. The molecule has 0 bridgehead atoms. The van der Waals surface area contributed by atoms with E-state index in [0.717, 1.165) is 36.3 Å². The zero-order chi connectivity index (χ0) is 16.9. The van der Waals surface area contributed by atoms with Crippen molar-refractivity contribution < 1.29 is 9.59 Å². The van der Waals surface area contributed by atoms with Crippen molar-refractivity contribution in [3.05, 3.63) is 46.5 Å². The van der Waals surface area contributed by atoms with Gasteiger partial charge in [-0.1, -0.05) is 48.6 Å². The number of nitrogens with one attached hydrogen (secondary N) is 1. The zero-order valence-electron chi connectivity index (χ0n) is 13.9. The lowest BCUT2D eigenvalue weighted by atomic mass is 9.98. The average Bonchev–Trinajstić information content (AvgIpc) is 2.97. The number of ketones is 1. The van der Waals surface area contributed by atoms with E-state index >= 15 is 0 Å². The van der Waals surface area contributed by atoms with Gasteiger partial charge in [0.05, 0.1) is 10.6 Å². The Morgan fingerprint density at radius 3 is 2.83 bits per heavy atom.